The Labute approximate surface area is 274 Å². The first-order valence-corrected chi connectivity index (χ1v) is 17.3. The second-order valence-electron chi connectivity index (χ2n) is 15.9. The normalized spacial score (nSPS) is 46.0. The van der Waals surface area contributed by atoms with Crippen LogP contribution in [0.25, 0.3) is 0 Å². The molecule has 9 nitrogen and oxygen atoms in total. The number of carbonyl (C=O) groups excluding carboxylic acids is 1. The molecule has 0 aromatic rings. The molecule has 2 unspecified atom stereocenters. The SMILES string of the molecule is CC(=O)O[C@H]1C[C@@]2(C)[C@@H](C[C@@H](O)C3[C@]2(C)CC[C@H]2[C@H](C)[C@H](OC4C=C[C@H](O)[C@@H](CO)O4)CC[C@]32C)/C1=C(/CCC=C(C)C)C(=O)O. The van der Waals surface area contributed by atoms with Crippen molar-refractivity contribution in [3.8, 4) is 0 Å². The molecular weight excluding hydrogens is 588 g/mol. The van der Waals surface area contributed by atoms with Gasteiger partial charge in [0.1, 0.15) is 18.3 Å². The van der Waals surface area contributed by atoms with E-state index in [-0.39, 0.29) is 46.7 Å². The molecule has 4 fully saturated rings. The molecule has 0 bridgehead atoms. The number of aliphatic hydroxyl groups is 3. The van der Waals surface area contributed by atoms with Crippen LogP contribution in [0.3, 0.4) is 0 Å². The van der Waals surface area contributed by atoms with Crippen LogP contribution < -0.4 is 0 Å². The molecule has 0 aromatic heterocycles. The van der Waals surface area contributed by atoms with E-state index in [0.717, 1.165) is 31.3 Å². The molecule has 5 aliphatic rings. The standard InChI is InChI=1S/C37H56O9/c1-20(2)9-8-10-23(34(42)43)32-25-17-27(41)33-35(5)15-14-28(45-31-12-11-26(40)30(19-38)46-31)21(3)24(35)13-16-36(33,6)37(25,7)18-29(32)44-22(4)39/h9,11-12,21,24-31,33,38,40-41H,8,10,13-19H2,1-7H3,(H,42,43)/b32-23+/t21-,24-,25-,26-,27+,28+,29-,30+,31?,33?,35-,36-,37-/m0/s1. The average molecular weight is 645 g/mol. The molecule has 4 aliphatic carbocycles. The van der Waals surface area contributed by atoms with Gasteiger partial charge in [-0.2, -0.15) is 0 Å². The molecule has 13 atom stereocenters. The van der Waals surface area contributed by atoms with E-state index < -0.39 is 42.6 Å². The minimum atomic E-state index is -0.972. The molecule has 5 rings (SSSR count). The highest BCUT2D eigenvalue weighted by molar-refractivity contribution is 5.88. The third-order valence-electron chi connectivity index (χ3n) is 13.2. The molecule has 0 aromatic carbocycles. The van der Waals surface area contributed by atoms with Gasteiger partial charge in [0, 0.05) is 12.5 Å². The number of rotatable bonds is 8. The zero-order valence-electron chi connectivity index (χ0n) is 28.7. The number of carboxylic acid groups (broad SMARTS) is 1. The van der Waals surface area contributed by atoms with E-state index in [4.69, 9.17) is 14.2 Å². The minimum absolute atomic E-state index is 0.0144. The summed E-state index contributed by atoms with van der Waals surface area (Å²) in [6.07, 6.45) is 7.30. The summed E-state index contributed by atoms with van der Waals surface area (Å²) < 4.78 is 18.2. The van der Waals surface area contributed by atoms with E-state index in [9.17, 15) is 30.0 Å². The van der Waals surface area contributed by atoms with Crippen LogP contribution in [-0.4, -0.2) is 75.8 Å². The van der Waals surface area contributed by atoms with Gasteiger partial charge in [-0.05, 0) is 117 Å². The average Bonchev–Trinajstić information content (AvgIpc) is 3.24. The zero-order chi connectivity index (χ0) is 33.8. The maximum Gasteiger partial charge on any atom is 0.331 e. The third kappa shape index (κ3) is 5.93. The van der Waals surface area contributed by atoms with E-state index in [2.05, 4.69) is 27.7 Å². The van der Waals surface area contributed by atoms with Gasteiger partial charge < -0.3 is 34.6 Å². The predicted octanol–water partition coefficient (Wildman–Crippen LogP) is 5.32. The third-order valence-corrected chi connectivity index (χ3v) is 13.2. The number of esters is 1. The monoisotopic (exact) mass is 644 g/mol. The summed E-state index contributed by atoms with van der Waals surface area (Å²) in [4.78, 5) is 25.2. The van der Waals surface area contributed by atoms with E-state index in [0.29, 0.717) is 42.7 Å². The van der Waals surface area contributed by atoms with Gasteiger partial charge in [0.2, 0.25) is 0 Å². The van der Waals surface area contributed by atoms with Gasteiger partial charge >= 0.3 is 11.9 Å². The maximum atomic E-state index is 12.8. The van der Waals surface area contributed by atoms with Crippen LogP contribution >= 0.6 is 0 Å². The number of aliphatic hydroxyl groups excluding tert-OH is 3. The van der Waals surface area contributed by atoms with Gasteiger partial charge in [-0.3, -0.25) is 4.79 Å². The first-order chi connectivity index (χ1) is 21.6. The number of aliphatic carboxylic acids is 1. The maximum absolute atomic E-state index is 12.8. The Morgan fingerprint density at radius 1 is 1.07 bits per heavy atom. The molecule has 0 saturated heterocycles. The molecule has 0 amide bonds. The van der Waals surface area contributed by atoms with Gasteiger partial charge in [-0.25, -0.2) is 4.79 Å². The molecule has 0 spiro atoms. The molecule has 9 heteroatoms. The first-order valence-electron chi connectivity index (χ1n) is 17.3. The molecule has 4 N–H and O–H groups in total. The van der Waals surface area contributed by atoms with E-state index in [1.54, 1.807) is 12.2 Å². The van der Waals surface area contributed by atoms with Gasteiger partial charge in [-0.1, -0.05) is 45.4 Å². The van der Waals surface area contributed by atoms with Crippen molar-refractivity contribution in [2.24, 2.45) is 39.9 Å². The van der Waals surface area contributed by atoms with Crippen LogP contribution in [0.5, 0.6) is 0 Å². The van der Waals surface area contributed by atoms with Crippen LogP contribution in [0.2, 0.25) is 0 Å². The summed E-state index contributed by atoms with van der Waals surface area (Å²) in [5.41, 5.74) is 1.31. The summed E-state index contributed by atoms with van der Waals surface area (Å²) in [6, 6.07) is 0. The molecule has 1 heterocycles. The predicted molar refractivity (Wildman–Crippen MR) is 172 cm³/mol. The van der Waals surface area contributed by atoms with Crippen LogP contribution in [0, 0.1) is 39.9 Å². The van der Waals surface area contributed by atoms with Crippen molar-refractivity contribution in [1.82, 2.24) is 0 Å². The van der Waals surface area contributed by atoms with Crippen molar-refractivity contribution >= 4 is 11.9 Å². The van der Waals surface area contributed by atoms with Crippen molar-refractivity contribution in [3.63, 3.8) is 0 Å². The topological polar surface area (TPSA) is 143 Å². The number of hydrogen-bond donors (Lipinski definition) is 4. The van der Waals surface area contributed by atoms with Crippen molar-refractivity contribution in [2.75, 3.05) is 6.61 Å². The highest BCUT2D eigenvalue weighted by atomic mass is 16.7. The van der Waals surface area contributed by atoms with Crippen molar-refractivity contribution in [3.05, 3.63) is 34.9 Å². The fourth-order valence-corrected chi connectivity index (χ4v) is 11.0. The fraction of sp³-hybridized carbons (Fsp3) is 0.784. The second kappa shape index (κ2) is 13.1. The fourth-order valence-electron chi connectivity index (χ4n) is 11.0. The highest BCUT2D eigenvalue weighted by Gasteiger charge is 2.71. The number of carboxylic acids is 1. The quantitative estimate of drug-likeness (QED) is 0.157. The van der Waals surface area contributed by atoms with Crippen molar-refractivity contribution in [2.45, 2.75) is 137 Å². The summed E-state index contributed by atoms with van der Waals surface area (Å²) >= 11 is 0. The minimum Gasteiger partial charge on any atom is -0.478 e. The van der Waals surface area contributed by atoms with Crippen molar-refractivity contribution in [1.29, 1.82) is 0 Å². The zero-order valence-corrected chi connectivity index (χ0v) is 28.7. The lowest BCUT2D eigenvalue weighted by atomic mass is 9.36. The number of fused-ring (bicyclic) bond motifs is 5. The Kier molecular flexibility index (Phi) is 10.1. The summed E-state index contributed by atoms with van der Waals surface area (Å²) in [5.74, 6) is -1.11. The first kappa shape index (κ1) is 35.3. The molecular formula is C37H56O9. The highest BCUT2D eigenvalue weighted by Crippen LogP contribution is 2.74. The largest absolute Gasteiger partial charge is 0.478 e. The Balaban J connectivity index is 1.46. The number of allylic oxidation sites excluding steroid dienone is 2. The number of carbonyl (C=O) groups is 2. The number of ether oxygens (including phenoxy) is 3. The molecule has 46 heavy (non-hydrogen) atoms. The Hall–Kier alpha value is -2.04. The Morgan fingerprint density at radius 2 is 1.78 bits per heavy atom. The van der Waals surface area contributed by atoms with E-state index in [1.807, 2.05) is 19.9 Å². The molecule has 258 valence electrons. The summed E-state index contributed by atoms with van der Waals surface area (Å²) in [6.45, 7) is 14.2. The van der Waals surface area contributed by atoms with Gasteiger partial charge in [0.05, 0.1) is 18.8 Å². The Bertz CT molecular complexity index is 1270. The van der Waals surface area contributed by atoms with Crippen LogP contribution in [-0.2, 0) is 23.8 Å². The van der Waals surface area contributed by atoms with Gasteiger partial charge in [0.25, 0.3) is 0 Å². The smallest absolute Gasteiger partial charge is 0.331 e. The van der Waals surface area contributed by atoms with Crippen LogP contribution in [0.15, 0.2) is 34.9 Å². The number of hydrogen-bond acceptors (Lipinski definition) is 8. The van der Waals surface area contributed by atoms with Gasteiger partial charge in [-0.15, -0.1) is 0 Å². The van der Waals surface area contributed by atoms with Crippen molar-refractivity contribution < 1.29 is 44.2 Å². The van der Waals surface area contributed by atoms with E-state index >= 15 is 0 Å². The lowest BCUT2D eigenvalue weighted by Gasteiger charge is -2.69. The summed E-state index contributed by atoms with van der Waals surface area (Å²) in [5, 5.41) is 42.3. The van der Waals surface area contributed by atoms with Crippen LogP contribution in [0.1, 0.15) is 99.8 Å². The summed E-state index contributed by atoms with van der Waals surface area (Å²) in [7, 11) is 0. The second-order valence-corrected chi connectivity index (χ2v) is 15.9. The molecule has 1 aliphatic heterocycles. The van der Waals surface area contributed by atoms with Crippen LogP contribution in [0.4, 0.5) is 0 Å². The lowest BCUT2D eigenvalue weighted by Crippen LogP contribution is -2.65. The van der Waals surface area contributed by atoms with Gasteiger partial charge in [0.15, 0.2) is 6.29 Å². The molecule has 0 radical (unpaired) electrons. The Morgan fingerprint density at radius 3 is 2.41 bits per heavy atom. The lowest BCUT2D eigenvalue weighted by molar-refractivity contribution is -0.256. The molecule has 4 saturated carbocycles. The van der Waals surface area contributed by atoms with E-state index in [1.165, 1.54) is 6.92 Å².